The van der Waals surface area contributed by atoms with Crippen molar-refractivity contribution >= 4 is 17.1 Å². The molecule has 0 aliphatic carbocycles. The first-order chi connectivity index (χ1) is 8.19. The highest BCUT2D eigenvalue weighted by Gasteiger charge is 1.95. The van der Waals surface area contributed by atoms with Gasteiger partial charge in [0.15, 0.2) is 0 Å². The minimum atomic E-state index is 0.390. The summed E-state index contributed by atoms with van der Waals surface area (Å²) in [5, 5.41) is 3.15. The summed E-state index contributed by atoms with van der Waals surface area (Å²) < 4.78 is 12.9. The van der Waals surface area contributed by atoms with Gasteiger partial charge in [-0.05, 0) is 48.5 Å². The minimum absolute atomic E-state index is 0.390. The van der Waals surface area contributed by atoms with E-state index in [2.05, 4.69) is 5.32 Å². The van der Waals surface area contributed by atoms with E-state index in [1.165, 1.54) is 0 Å². The molecule has 3 N–H and O–H groups in total. The molecule has 0 spiro atoms. The van der Waals surface area contributed by atoms with Crippen molar-refractivity contribution in [2.45, 2.75) is 0 Å². The number of nitrogens with two attached hydrogens (primary N) is 1. The van der Waals surface area contributed by atoms with Crippen LogP contribution >= 0.6 is 0 Å². The van der Waals surface area contributed by atoms with E-state index in [1.54, 1.807) is 13.2 Å². The first kappa shape index (κ1) is 9.09. The summed E-state index contributed by atoms with van der Waals surface area (Å²) in [6.07, 6.45) is 0. The van der Waals surface area contributed by atoms with Crippen LogP contribution in [0.4, 0.5) is 17.1 Å². The molecule has 0 bridgehead atoms. The number of hydrogen-bond donors (Lipinski definition) is 2. The predicted octanol–water partition coefficient (Wildman–Crippen LogP) is 3.02. The Kier molecular flexibility index (Phi) is 2.60. The third kappa shape index (κ3) is 2.45. The highest BCUT2D eigenvalue weighted by atomic mass is 16.5. The fourth-order valence-corrected chi connectivity index (χ4v) is 1.34. The van der Waals surface area contributed by atoms with Gasteiger partial charge in [-0.15, -0.1) is 0 Å². The summed E-state index contributed by atoms with van der Waals surface area (Å²) in [5.74, 6) is 0.679. The summed E-state index contributed by atoms with van der Waals surface area (Å²) in [5.41, 5.74) is 7.96. The molecular formula is C13H14N2O. The SMILES string of the molecule is [2H]c1cc(OC)ccc1Nc1ccc(N)cc1. The number of nitrogens with one attached hydrogen (secondary N) is 1. The number of anilines is 3. The van der Waals surface area contributed by atoms with Crippen LogP contribution in [0.2, 0.25) is 0 Å². The van der Waals surface area contributed by atoms with Gasteiger partial charge in [-0.3, -0.25) is 0 Å². The van der Waals surface area contributed by atoms with Crippen LogP contribution in [0.3, 0.4) is 0 Å². The largest absolute Gasteiger partial charge is 0.497 e. The van der Waals surface area contributed by atoms with E-state index in [-0.39, 0.29) is 0 Å². The summed E-state index contributed by atoms with van der Waals surface area (Å²) in [6, 6.07) is 13.1. The van der Waals surface area contributed by atoms with Gasteiger partial charge in [0.25, 0.3) is 0 Å². The van der Waals surface area contributed by atoms with Crippen molar-refractivity contribution in [3.63, 3.8) is 0 Å². The van der Waals surface area contributed by atoms with Crippen molar-refractivity contribution in [1.82, 2.24) is 0 Å². The number of benzene rings is 2. The van der Waals surface area contributed by atoms with Gasteiger partial charge >= 0.3 is 0 Å². The number of methoxy groups -OCH3 is 1. The minimum Gasteiger partial charge on any atom is -0.497 e. The molecule has 0 fully saturated rings. The van der Waals surface area contributed by atoms with Gasteiger partial charge in [0.1, 0.15) is 5.75 Å². The van der Waals surface area contributed by atoms with Gasteiger partial charge in [0.05, 0.1) is 8.48 Å². The Morgan fingerprint density at radius 3 is 2.38 bits per heavy atom. The molecule has 0 aliphatic heterocycles. The monoisotopic (exact) mass is 215 g/mol. The smallest absolute Gasteiger partial charge is 0.119 e. The molecular weight excluding hydrogens is 200 g/mol. The van der Waals surface area contributed by atoms with Crippen LogP contribution in [0.25, 0.3) is 0 Å². The van der Waals surface area contributed by atoms with Crippen molar-refractivity contribution in [3.05, 3.63) is 48.5 Å². The maximum Gasteiger partial charge on any atom is 0.119 e. The van der Waals surface area contributed by atoms with Crippen molar-refractivity contribution in [2.75, 3.05) is 18.2 Å². The van der Waals surface area contributed by atoms with E-state index in [4.69, 9.17) is 11.8 Å². The topological polar surface area (TPSA) is 47.3 Å². The number of nitrogen functional groups attached to an aromatic ring is 1. The summed E-state index contributed by atoms with van der Waals surface area (Å²) in [6.45, 7) is 0. The Labute approximate surface area is 96.3 Å². The average Bonchev–Trinajstić information content (AvgIpc) is 2.34. The Morgan fingerprint density at radius 1 is 1.06 bits per heavy atom. The zero-order valence-electron chi connectivity index (χ0n) is 10.0. The molecule has 16 heavy (non-hydrogen) atoms. The highest BCUT2D eigenvalue weighted by molar-refractivity contribution is 5.62. The lowest BCUT2D eigenvalue weighted by Gasteiger charge is -2.07. The molecule has 0 unspecified atom stereocenters. The summed E-state index contributed by atoms with van der Waals surface area (Å²) in [7, 11) is 1.59. The molecule has 2 aromatic carbocycles. The normalized spacial score (nSPS) is 10.7. The molecule has 2 aromatic rings. The average molecular weight is 215 g/mol. The van der Waals surface area contributed by atoms with E-state index < -0.39 is 0 Å². The fourth-order valence-electron chi connectivity index (χ4n) is 1.34. The van der Waals surface area contributed by atoms with Gasteiger partial charge in [0, 0.05) is 17.1 Å². The van der Waals surface area contributed by atoms with Gasteiger partial charge in [-0.2, -0.15) is 0 Å². The molecule has 2 rings (SSSR count). The van der Waals surface area contributed by atoms with Gasteiger partial charge in [0.2, 0.25) is 0 Å². The van der Waals surface area contributed by atoms with E-state index >= 15 is 0 Å². The molecule has 0 atom stereocenters. The van der Waals surface area contributed by atoms with Crippen LogP contribution in [0.5, 0.6) is 5.75 Å². The quantitative estimate of drug-likeness (QED) is 0.774. The Balaban J connectivity index is 2.21. The van der Waals surface area contributed by atoms with Crippen molar-refractivity contribution in [1.29, 1.82) is 0 Å². The lowest BCUT2D eigenvalue weighted by Crippen LogP contribution is -1.91. The maximum absolute atomic E-state index is 7.84. The predicted molar refractivity (Wildman–Crippen MR) is 67.1 cm³/mol. The number of hydrogen-bond acceptors (Lipinski definition) is 3. The third-order valence-corrected chi connectivity index (χ3v) is 2.21. The van der Waals surface area contributed by atoms with Gasteiger partial charge in [-0.25, -0.2) is 0 Å². The molecule has 0 saturated heterocycles. The fraction of sp³-hybridized carbons (Fsp3) is 0.0769. The zero-order valence-corrected chi connectivity index (χ0v) is 9.03. The van der Waals surface area contributed by atoms with Crippen LogP contribution in [0.1, 0.15) is 1.37 Å². The molecule has 0 aliphatic rings. The lowest BCUT2D eigenvalue weighted by molar-refractivity contribution is 0.415. The molecule has 3 heteroatoms. The van der Waals surface area contributed by atoms with Crippen LogP contribution in [0, 0.1) is 0 Å². The number of rotatable bonds is 3. The van der Waals surface area contributed by atoms with Crippen LogP contribution in [0.15, 0.2) is 48.5 Å². The molecule has 0 saturated carbocycles. The van der Waals surface area contributed by atoms with E-state index in [0.29, 0.717) is 11.8 Å². The molecule has 0 radical (unpaired) electrons. The Bertz CT molecular complexity index is 511. The first-order valence-corrected chi connectivity index (χ1v) is 4.96. The Hall–Kier alpha value is -2.16. The second kappa shape index (κ2) is 4.57. The lowest BCUT2D eigenvalue weighted by atomic mass is 10.2. The summed E-state index contributed by atoms with van der Waals surface area (Å²) in [4.78, 5) is 0. The maximum atomic E-state index is 7.84. The standard InChI is InChI=1S/C13H14N2O/c1-16-13-8-6-12(7-9-13)15-11-4-2-10(14)3-5-11/h2-9,15H,14H2,1H3/i6D. The van der Waals surface area contributed by atoms with Gasteiger partial charge in [-0.1, -0.05) is 0 Å². The first-order valence-electron chi connectivity index (χ1n) is 5.46. The van der Waals surface area contributed by atoms with E-state index in [0.717, 1.165) is 17.1 Å². The van der Waals surface area contributed by atoms with E-state index in [9.17, 15) is 0 Å². The van der Waals surface area contributed by atoms with Crippen molar-refractivity contribution in [2.24, 2.45) is 0 Å². The Morgan fingerprint density at radius 2 is 1.75 bits per heavy atom. The molecule has 3 nitrogen and oxygen atoms in total. The van der Waals surface area contributed by atoms with Gasteiger partial charge < -0.3 is 15.8 Å². The second-order valence-corrected chi connectivity index (χ2v) is 3.39. The summed E-state index contributed by atoms with van der Waals surface area (Å²) >= 11 is 0. The van der Waals surface area contributed by atoms with E-state index in [1.807, 2.05) is 36.4 Å². The molecule has 0 aromatic heterocycles. The highest BCUT2D eigenvalue weighted by Crippen LogP contribution is 2.20. The van der Waals surface area contributed by atoms with Crippen molar-refractivity contribution in [3.8, 4) is 5.75 Å². The van der Waals surface area contributed by atoms with Crippen molar-refractivity contribution < 1.29 is 6.11 Å². The molecule has 82 valence electrons. The second-order valence-electron chi connectivity index (χ2n) is 3.39. The molecule has 0 heterocycles. The van der Waals surface area contributed by atoms with Crippen LogP contribution < -0.4 is 15.8 Å². The van der Waals surface area contributed by atoms with Crippen LogP contribution in [-0.2, 0) is 0 Å². The zero-order chi connectivity index (χ0) is 12.3. The number of ether oxygens (including phenoxy) is 1. The molecule has 0 amide bonds. The van der Waals surface area contributed by atoms with Crippen LogP contribution in [-0.4, -0.2) is 7.11 Å². The third-order valence-electron chi connectivity index (χ3n) is 2.21.